The second-order valence-corrected chi connectivity index (χ2v) is 6.22. The van der Waals surface area contributed by atoms with Gasteiger partial charge in [0.25, 0.3) is 5.91 Å². The first-order chi connectivity index (χ1) is 11.0. The van der Waals surface area contributed by atoms with Crippen LogP contribution in [0.15, 0.2) is 36.4 Å². The van der Waals surface area contributed by atoms with Gasteiger partial charge in [0.15, 0.2) is 0 Å². The maximum Gasteiger partial charge on any atom is 0.257 e. The summed E-state index contributed by atoms with van der Waals surface area (Å²) in [6.45, 7) is 0. The number of halogens is 2. The van der Waals surface area contributed by atoms with Gasteiger partial charge in [-0.05, 0) is 48.4 Å². The minimum Gasteiger partial charge on any atom is -0.322 e. The number of nitrogens with one attached hydrogen (secondary N) is 1. The van der Waals surface area contributed by atoms with Crippen LogP contribution in [-0.2, 0) is 11.2 Å². The van der Waals surface area contributed by atoms with Gasteiger partial charge in [-0.2, -0.15) is 0 Å². The molecule has 2 aromatic rings. The Hall–Kier alpha value is -2.04. The van der Waals surface area contributed by atoms with Crippen LogP contribution in [0, 0.1) is 0 Å². The van der Waals surface area contributed by atoms with Gasteiger partial charge in [0.2, 0.25) is 5.91 Å². The molecule has 1 N–H and O–H groups in total. The number of fused-ring (bicyclic) bond motifs is 1. The summed E-state index contributed by atoms with van der Waals surface area (Å²) in [5.41, 5.74) is 2.94. The largest absolute Gasteiger partial charge is 0.322 e. The molecule has 0 bridgehead atoms. The average molecular weight is 349 g/mol. The fourth-order valence-corrected chi connectivity index (χ4v) is 3.10. The Bertz CT molecular complexity index is 805. The second kappa shape index (κ2) is 6.22. The van der Waals surface area contributed by atoms with Crippen molar-refractivity contribution in [2.75, 3.05) is 17.3 Å². The highest BCUT2D eigenvalue weighted by atomic mass is 35.5. The number of hydrogen-bond donors (Lipinski definition) is 1. The molecule has 0 unspecified atom stereocenters. The van der Waals surface area contributed by atoms with Gasteiger partial charge in [-0.25, -0.2) is 0 Å². The molecule has 0 aliphatic carbocycles. The maximum absolute atomic E-state index is 12.3. The van der Waals surface area contributed by atoms with E-state index in [1.165, 1.54) is 6.07 Å². The van der Waals surface area contributed by atoms with E-state index in [4.69, 9.17) is 23.2 Å². The van der Waals surface area contributed by atoms with Gasteiger partial charge in [0.1, 0.15) is 0 Å². The van der Waals surface area contributed by atoms with Crippen molar-refractivity contribution in [2.45, 2.75) is 12.8 Å². The summed E-state index contributed by atoms with van der Waals surface area (Å²) in [7, 11) is 1.76. The van der Waals surface area contributed by atoms with Crippen LogP contribution in [0.25, 0.3) is 0 Å². The monoisotopic (exact) mass is 348 g/mol. The molecule has 4 nitrogen and oxygen atoms in total. The fraction of sp³-hybridized carbons (Fsp3) is 0.176. The predicted molar refractivity (Wildman–Crippen MR) is 92.6 cm³/mol. The molecule has 0 saturated heterocycles. The number of rotatable bonds is 2. The summed E-state index contributed by atoms with van der Waals surface area (Å²) in [6, 6.07) is 10.2. The minimum atomic E-state index is -0.299. The Morgan fingerprint density at radius 2 is 1.91 bits per heavy atom. The molecule has 0 radical (unpaired) electrons. The summed E-state index contributed by atoms with van der Waals surface area (Å²) in [5.74, 6) is -0.200. The lowest BCUT2D eigenvalue weighted by Gasteiger charge is -2.26. The molecule has 0 aromatic heterocycles. The first kappa shape index (κ1) is 15.8. The van der Waals surface area contributed by atoms with Gasteiger partial charge < -0.3 is 10.2 Å². The lowest BCUT2D eigenvalue weighted by atomic mass is 10.0. The first-order valence-corrected chi connectivity index (χ1v) is 7.87. The molecule has 2 aromatic carbocycles. The van der Waals surface area contributed by atoms with Crippen LogP contribution in [-0.4, -0.2) is 18.9 Å². The van der Waals surface area contributed by atoms with Crippen molar-refractivity contribution in [1.82, 2.24) is 0 Å². The zero-order valence-corrected chi connectivity index (χ0v) is 13.9. The van der Waals surface area contributed by atoms with E-state index in [0.717, 1.165) is 11.3 Å². The van der Waals surface area contributed by atoms with Crippen LogP contribution in [0.3, 0.4) is 0 Å². The molecular formula is C17H14Cl2N2O2. The number of hydrogen-bond acceptors (Lipinski definition) is 2. The van der Waals surface area contributed by atoms with E-state index < -0.39 is 0 Å². The molecule has 1 aliphatic rings. The summed E-state index contributed by atoms with van der Waals surface area (Å²) in [6.07, 6.45) is 1.15. The van der Waals surface area contributed by atoms with Gasteiger partial charge in [0.05, 0.1) is 10.6 Å². The van der Waals surface area contributed by atoms with Gasteiger partial charge in [-0.1, -0.05) is 23.2 Å². The number of carbonyl (C=O) groups excluding carboxylic acids is 2. The van der Waals surface area contributed by atoms with Crippen molar-refractivity contribution in [3.05, 3.63) is 57.6 Å². The van der Waals surface area contributed by atoms with Crippen molar-refractivity contribution in [1.29, 1.82) is 0 Å². The third kappa shape index (κ3) is 3.19. The number of benzene rings is 2. The van der Waals surface area contributed by atoms with Gasteiger partial charge in [-0.3, -0.25) is 9.59 Å². The van der Waals surface area contributed by atoms with Crippen LogP contribution >= 0.6 is 23.2 Å². The molecular weight excluding hydrogens is 335 g/mol. The van der Waals surface area contributed by atoms with E-state index in [9.17, 15) is 9.59 Å². The van der Waals surface area contributed by atoms with Crippen LogP contribution < -0.4 is 10.2 Å². The quantitative estimate of drug-likeness (QED) is 0.885. The van der Waals surface area contributed by atoms with E-state index in [2.05, 4.69) is 5.32 Å². The summed E-state index contributed by atoms with van der Waals surface area (Å²) in [5, 5.41) is 3.61. The molecule has 1 heterocycles. The highest BCUT2D eigenvalue weighted by Gasteiger charge is 2.21. The number of amides is 2. The molecule has 118 valence electrons. The van der Waals surface area contributed by atoms with E-state index in [-0.39, 0.29) is 11.8 Å². The Balaban J connectivity index is 1.83. The van der Waals surface area contributed by atoms with Gasteiger partial charge in [0, 0.05) is 29.9 Å². The Labute approximate surface area is 144 Å². The number of aryl methyl sites for hydroxylation is 1. The van der Waals surface area contributed by atoms with Crippen molar-refractivity contribution in [3.8, 4) is 0 Å². The third-order valence-electron chi connectivity index (χ3n) is 3.86. The van der Waals surface area contributed by atoms with E-state index >= 15 is 0 Å². The van der Waals surface area contributed by atoms with Crippen molar-refractivity contribution in [2.24, 2.45) is 0 Å². The highest BCUT2D eigenvalue weighted by molar-refractivity contribution is 6.37. The highest BCUT2D eigenvalue weighted by Crippen LogP contribution is 2.30. The number of nitrogens with zero attached hydrogens (tertiary/aromatic N) is 1. The smallest absolute Gasteiger partial charge is 0.257 e. The molecule has 2 amide bonds. The lowest BCUT2D eigenvalue weighted by Crippen LogP contribution is -2.31. The summed E-state index contributed by atoms with van der Waals surface area (Å²) < 4.78 is 0. The Morgan fingerprint density at radius 3 is 2.65 bits per heavy atom. The van der Waals surface area contributed by atoms with Crippen LogP contribution in [0.1, 0.15) is 22.3 Å². The van der Waals surface area contributed by atoms with E-state index in [0.29, 0.717) is 34.1 Å². The zero-order chi connectivity index (χ0) is 16.6. The zero-order valence-electron chi connectivity index (χ0n) is 12.4. The fourth-order valence-electron chi connectivity index (χ4n) is 2.61. The molecule has 1 aliphatic heterocycles. The normalized spacial score (nSPS) is 13.7. The minimum absolute atomic E-state index is 0.0993. The molecule has 0 atom stereocenters. The molecule has 6 heteroatoms. The van der Waals surface area contributed by atoms with E-state index in [1.54, 1.807) is 30.1 Å². The topological polar surface area (TPSA) is 49.4 Å². The van der Waals surface area contributed by atoms with Gasteiger partial charge >= 0.3 is 0 Å². The summed E-state index contributed by atoms with van der Waals surface area (Å²) >= 11 is 11.9. The molecule has 0 fully saturated rings. The SMILES string of the molecule is CN1C(=O)CCc2cc(NC(=O)c3ccc(Cl)cc3Cl)ccc21. The van der Waals surface area contributed by atoms with Crippen molar-refractivity contribution < 1.29 is 9.59 Å². The van der Waals surface area contributed by atoms with Crippen LogP contribution in [0.4, 0.5) is 11.4 Å². The Morgan fingerprint density at radius 1 is 1.13 bits per heavy atom. The van der Waals surface area contributed by atoms with Gasteiger partial charge in [-0.15, -0.1) is 0 Å². The Kier molecular flexibility index (Phi) is 4.28. The first-order valence-electron chi connectivity index (χ1n) is 7.11. The molecule has 3 rings (SSSR count). The van der Waals surface area contributed by atoms with Crippen LogP contribution in [0.2, 0.25) is 10.0 Å². The number of carbonyl (C=O) groups is 2. The number of anilines is 2. The second-order valence-electron chi connectivity index (χ2n) is 5.37. The average Bonchev–Trinajstić information content (AvgIpc) is 2.51. The van der Waals surface area contributed by atoms with Crippen LogP contribution in [0.5, 0.6) is 0 Å². The maximum atomic E-state index is 12.3. The van der Waals surface area contributed by atoms with Crippen molar-refractivity contribution >= 4 is 46.4 Å². The predicted octanol–water partition coefficient (Wildman–Crippen LogP) is 4.15. The third-order valence-corrected chi connectivity index (χ3v) is 4.40. The molecule has 0 spiro atoms. The lowest BCUT2D eigenvalue weighted by molar-refractivity contribution is -0.118. The molecule has 23 heavy (non-hydrogen) atoms. The van der Waals surface area contributed by atoms with E-state index in [1.807, 2.05) is 12.1 Å². The summed E-state index contributed by atoms with van der Waals surface area (Å²) in [4.78, 5) is 25.7. The molecule has 0 saturated carbocycles. The standard InChI is InChI=1S/C17H14Cl2N2O2/c1-21-15-6-4-12(8-10(15)2-7-16(21)22)20-17(23)13-5-3-11(18)9-14(13)19/h3-6,8-9H,2,7H2,1H3,(H,20,23). The van der Waals surface area contributed by atoms with Crippen molar-refractivity contribution in [3.63, 3.8) is 0 Å².